The molecule has 1 heteroatoms. The zero-order valence-corrected chi connectivity index (χ0v) is 27.6. The van der Waals surface area contributed by atoms with Crippen molar-refractivity contribution in [3.05, 3.63) is 229 Å². The first-order chi connectivity index (χ1) is 24.8. The van der Waals surface area contributed by atoms with Crippen molar-refractivity contribution in [3.63, 3.8) is 0 Å². The third kappa shape index (κ3) is 4.95. The molecule has 0 saturated heterocycles. The predicted octanol–water partition coefficient (Wildman–Crippen LogP) is 12.8. The molecule has 0 aliphatic heterocycles. The van der Waals surface area contributed by atoms with Crippen LogP contribution in [-0.2, 0) is 5.41 Å². The predicted molar refractivity (Wildman–Crippen MR) is 210 cm³/mol. The van der Waals surface area contributed by atoms with Gasteiger partial charge in [-0.3, -0.25) is 0 Å². The van der Waals surface area contributed by atoms with E-state index in [1.165, 1.54) is 66.8 Å². The van der Waals surface area contributed by atoms with E-state index < -0.39 is 5.41 Å². The van der Waals surface area contributed by atoms with E-state index in [-0.39, 0.29) is 0 Å². The van der Waals surface area contributed by atoms with E-state index in [0.717, 1.165) is 11.4 Å². The van der Waals surface area contributed by atoms with Crippen LogP contribution in [0.1, 0.15) is 22.3 Å². The first-order valence-corrected chi connectivity index (χ1v) is 17.3. The summed E-state index contributed by atoms with van der Waals surface area (Å²) in [4.78, 5) is 0. The molecular weight excluding hydrogens is 603 g/mol. The van der Waals surface area contributed by atoms with Crippen LogP contribution < -0.4 is 5.32 Å². The Bertz CT molecular complexity index is 2390. The van der Waals surface area contributed by atoms with E-state index in [0.29, 0.717) is 0 Å². The van der Waals surface area contributed by atoms with Crippen LogP contribution >= 0.6 is 0 Å². The largest absolute Gasteiger partial charge is 0.355 e. The molecule has 50 heavy (non-hydrogen) atoms. The van der Waals surface area contributed by atoms with Gasteiger partial charge in [-0.1, -0.05) is 182 Å². The maximum atomic E-state index is 3.82. The van der Waals surface area contributed by atoms with Gasteiger partial charge in [-0.25, -0.2) is 0 Å². The number of anilines is 2. The summed E-state index contributed by atoms with van der Waals surface area (Å²) in [6, 6.07) is 74.6. The first-order valence-electron chi connectivity index (χ1n) is 17.3. The summed E-state index contributed by atoms with van der Waals surface area (Å²) in [5.41, 5.74) is 16.6. The minimum atomic E-state index is -0.404. The average molecular weight is 638 g/mol. The lowest BCUT2D eigenvalue weighted by molar-refractivity contribution is 0.768. The van der Waals surface area contributed by atoms with Crippen LogP contribution in [0, 0.1) is 0 Å². The van der Waals surface area contributed by atoms with Gasteiger partial charge in [0.25, 0.3) is 0 Å². The van der Waals surface area contributed by atoms with Crippen molar-refractivity contribution >= 4 is 11.4 Å². The summed E-state index contributed by atoms with van der Waals surface area (Å²) in [6.07, 6.45) is 0. The van der Waals surface area contributed by atoms with Crippen molar-refractivity contribution in [2.24, 2.45) is 0 Å². The maximum Gasteiger partial charge on any atom is 0.0713 e. The normalized spacial score (nSPS) is 12.6. The number of fused-ring (bicyclic) bond motifs is 3. The number of nitrogens with one attached hydrogen (secondary N) is 1. The summed E-state index contributed by atoms with van der Waals surface area (Å²) >= 11 is 0. The van der Waals surface area contributed by atoms with Crippen molar-refractivity contribution in [2.45, 2.75) is 5.41 Å². The Morgan fingerprint density at radius 1 is 0.280 bits per heavy atom. The SMILES string of the molecule is c1ccc(-c2ccccc2-c2cc(Nc3ccc4c(c3)-c3ccccc3C4(c3ccccc3)c3ccccc3)ccc2-c2ccccc2)cc1. The molecule has 0 bridgehead atoms. The smallest absolute Gasteiger partial charge is 0.0713 e. The van der Waals surface area contributed by atoms with Gasteiger partial charge in [-0.2, -0.15) is 0 Å². The zero-order valence-electron chi connectivity index (χ0n) is 27.6. The first kappa shape index (κ1) is 29.7. The Morgan fingerprint density at radius 3 is 1.30 bits per heavy atom. The standard InChI is InChI=1S/C49H35N/c1-5-17-35(18-6-1)41-25-13-14-26-43(41)45-33-39(29-31-42(45)36-19-7-2-8-20-36)50-40-30-32-48-46(34-40)44-27-15-16-28-47(44)49(48,37-21-9-3-10-22-37)38-23-11-4-12-24-38/h1-34,50H. The highest BCUT2D eigenvalue weighted by atomic mass is 14.9. The molecule has 8 aromatic rings. The van der Waals surface area contributed by atoms with Crippen molar-refractivity contribution in [1.82, 2.24) is 0 Å². The fraction of sp³-hybridized carbons (Fsp3) is 0.0204. The summed E-state index contributed by atoms with van der Waals surface area (Å²) < 4.78 is 0. The molecule has 0 heterocycles. The van der Waals surface area contributed by atoms with E-state index in [1.807, 2.05) is 0 Å². The van der Waals surface area contributed by atoms with Gasteiger partial charge in [0.1, 0.15) is 0 Å². The van der Waals surface area contributed by atoms with Crippen LogP contribution in [0.2, 0.25) is 0 Å². The van der Waals surface area contributed by atoms with E-state index >= 15 is 0 Å². The molecule has 8 aromatic carbocycles. The topological polar surface area (TPSA) is 12.0 Å². The number of benzene rings is 8. The number of hydrogen-bond donors (Lipinski definition) is 1. The van der Waals surface area contributed by atoms with E-state index in [1.54, 1.807) is 0 Å². The van der Waals surface area contributed by atoms with Gasteiger partial charge in [0.2, 0.25) is 0 Å². The lowest BCUT2D eigenvalue weighted by atomic mass is 9.68. The molecule has 0 unspecified atom stereocenters. The molecule has 9 rings (SSSR count). The van der Waals surface area contributed by atoms with Crippen LogP contribution in [0.5, 0.6) is 0 Å². The lowest BCUT2D eigenvalue weighted by Gasteiger charge is -2.33. The average Bonchev–Trinajstić information content (AvgIpc) is 3.50. The molecule has 0 spiro atoms. The molecule has 0 saturated carbocycles. The maximum absolute atomic E-state index is 3.82. The Labute approximate surface area is 294 Å². The minimum absolute atomic E-state index is 0.404. The van der Waals surface area contributed by atoms with E-state index in [2.05, 4.69) is 212 Å². The van der Waals surface area contributed by atoms with Crippen molar-refractivity contribution in [1.29, 1.82) is 0 Å². The van der Waals surface area contributed by atoms with Crippen molar-refractivity contribution < 1.29 is 0 Å². The van der Waals surface area contributed by atoms with Gasteiger partial charge in [0.05, 0.1) is 5.41 Å². The van der Waals surface area contributed by atoms with Crippen LogP contribution in [0.15, 0.2) is 206 Å². The van der Waals surface area contributed by atoms with Gasteiger partial charge in [-0.05, 0) is 91.0 Å². The fourth-order valence-electron chi connectivity index (χ4n) is 8.00. The second kappa shape index (κ2) is 12.5. The quantitative estimate of drug-likeness (QED) is 0.183. The van der Waals surface area contributed by atoms with Gasteiger partial charge in [0.15, 0.2) is 0 Å². The highest BCUT2D eigenvalue weighted by molar-refractivity contribution is 5.94. The molecule has 0 amide bonds. The zero-order chi connectivity index (χ0) is 33.3. The highest BCUT2D eigenvalue weighted by Crippen LogP contribution is 2.56. The van der Waals surface area contributed by atoms with E-state index in [4.69, 9.17) is 0 Å². The van der Waals surface area contributed by atoms with Gasteiger partial charge in [-0.15, -0.1) is 0 Å². The summed E-state index contributed by atoms with van der Waals surface area (Å²) in [7, 11) is 0. The van der Waals surface area contributed by atoms with Gasteiger partial charge < -0.3 is 5.32 Å². The lowest BCUT2D eigenvalue weighted by Crippen LogP contribution is -2.28. The van der Waals surface area contributed by atoms with E-state index in [9.17, 15) is 0 Å². The van der Waals surface area contributed by atoms with Crippen molar-refractivity contribution in [3.8, 4) is 44.5 Å². The van der Waals surface area contributed by atoms with Crippen LogP contribution in [-0.4, -0.2) is 0 Å². The number of hydrogen-bond acceptors (Lipinski definition) is 1. The molecule has 1 aliphatic carbocycles. The Balaban J connectivity index is 1.18. The van der Waals surface area contributed by atoms with Crippen LogP contribution in [0.3, 0.4) is 0 Å². The third-order valence-electron chi connectivity index (χ3n) is 10.2. The molecular formula is C49H35N. The van der Waals surface area contributed by atoms with Gasteiger partial charge in [0, 0.05) is 11.4 Å². The summed E-state index contributed by atoms with van der Waals surface area (Å²) in [5, 5.41) is 3.82. The van der Waals surface area contributed by atoms with Gasteiger partial charge >= 0.3 is 0 Å². The molecule has 1 aliphatic rings. The molecule has 236 valence electrons. The van der Waals surface area contributed by atoms with Crippen molar-refractivity contribution in [2.75, 3.05) is 5.32 Å². The van der Waals surface area contributed by atoms with Crippen LogP contribution in [0.4, 0.5) is 11.4 Å². The summed E-state index contributed by atoms with van der Waals surface area (Å²) in [6.45, 7) is 0. The molecule has 0 aromatic heterocycles. The minimum Gasteiger partial charge on any atom is -0.355 e. The Kier molecular flexibility index (Phi) is 7.44. The Morgan fingerprint density at radius 2 is 0.700 bits per heavy atom. The molecule has 1 N–H and O–H groups in total. The molecule has 0 fully saturated rings. The van der Waals surface area contributed by atoms with Crippen LogP contribution in [0.25, 0.3) is 44.5 Å². The highest BCUT2D eigenvalue weighted by Gasteiger charge is 2.45. The third-order valence-corrected chi connectivity index (χ3v) is 10.2. The fourth-order valence-corrected chi connectivity index (χ4v) is 8.00. The molecule has 1 nitrogen and oxygen atoms in total. The number of rotatable bonds is 7. The second-order valence-electron chi connectivity index (χ2n) is 13.0. The monoisotopic (exact) mass is 637 g/mol. The Hall–Kier alpha value is -6.44. The molecule has 0 radical (unpaired) electrons. The summed E-state index contributed by atoms with van der Waals surface area (Å²) in [5.74, 6) is 0. The second-order valence-corrected chi connectivity index (χ2v) is 13.0. The molecule has 0 atom stereocenters.